The first-order valence-corrected chi connectivity index (χ1v) is 9.94. The van der Waals surface area contributed by atoms with Gasteiger partial charge in [-0.2, -0.15) is 19.7 Å². The Morgan fingerprint density at radius 2 is 1.76 bits per heavy atom. The number of aryl methyl sites for hydroxylation is 1. The molecule has 0 saturated carbocycles. The van der Waals surface area contributed by atoms with Gasteiger partial charge in [0.05, 0.1) is 6.54 Å². The van der Waals surface area contributed by atoms with Crippen LogP contribution in [0.1, 0.15) is 16.8 Å². The van der Waals surface area contributed by atoms with Crippen molar-refractivity contribution in [3.63, 3.8) is 0 Å². The second kappa shape index (κ2) is 7.63. The average Bonchev–Trinajstić information content (AvgIpc) is 3.40. The van der Waals surface area contributed by atoms with E-state index >= 15 is 0 Å². The molecule has 4 heterocycles. The van der Waals surface area contributed by atoms with Crippen LogP contribution in [0.25, 0.3) is 5.78 Å². The zero-order chi connectivity index (χ0) is 19.6. The van der Waals surface area contributed by atoms with Crippen LogP contribution in [0.3, 0.4) is 0 Å². The van der Waals surface area contributed by atoms with E-state index in [4.69, 9.17) is 0 Å². The average molecular weight is 388 g/mol. The quantitative estimate of drug-likeness (QED) is 0.521. The van der Waals surface area contributed by atoms with E-state index in [2.05, 4.69) is 60.3 Å². The van der Waals surface area contributed by atoms with Crippen LogP contribution in [0.2, 0.25) is 0 Å². The summed E-state index contributed by atoms with van der Waals surface area (Å²) < 4.78 is 3.79. The van der Waals surface area contributed by atoms with Crippen LogP contribution < -0.4 is 4.90 Å². The molecular weight excluding hydrogens is 364 g/mol. The summed E-state index contributed by atoms with van der Waals surface area (Å²) in [5.41, 5.74) is 3.60. The summed E-state index contributed by atoms with van der Waals surface area (Å²) in [6.07, 6.45) is 5.39. The molecule has 4 aromatic rings. The van der Waals surface area contributed by atoms with Crippen molar-refractivity contribution < 1.29 is 0 Å². The normalized spacial score (nSPS) is 15.3. The molecule has 0 N–H and O–H groups in total. The topological polar surface area (TPSA) is 67.4 Å². The first-order chi connectivity index (χ1) is 14.2. The van der Waals surface area contributed by atoms with Crippen LogP contribution in [0.5, 0.6) is 0 Å². The SMILES string of the molecule is Cc1cc(N2CCN(Cc3cccc(Cn4cccn4)c3)CC2)n2ncnc2n1. The maximum Gasteiger partial charge on any atom is 0.254 e. The molecule has 1 saturated heterocycles. The smallest absolute Gasteiger partial charge is 0.254 e. The number of rotatable bonds is 5. The third-order valence-electron chi connectivity index (χ3n) is 5.36. The van der Waals surface area contributed by atoms with Gasteiger partial charge in [0.25, 0.3) is 5.78 Å². The van der Waals surface area contributed by atoms with Crippen molar-refractivity contribution in [2.45, 2.75) is 20.0 Å². The predicted molar refractivity (Wildman–Crippen MR) is 111 cm³/mol. The minimum Gasteiger partial charge on any atom is -0.354 e. The molecule has 29 heavy (non-hydrogen) atoms. The van der Waals surface area contributed by atoms with Gasteiger partial charge in [-0.25, -0.2) is 4.98 Å². The highest BCUT2D eigenvalue weighted by Crippen LogP contribution is 2.19. The van der Waals surface area contributed by atoms with Crippen LogP contribution >= 0.6 is 0 Å². The van der Waals surface area contributed by atoms with Gasteiger partial charge in [-0.05, 0) is 24.1 Å². The van der Waals surface area contributed by atoms with Gasteiger partial charge in [0.2, 0.25) is 0 Å². The van der Waals surface area contributed by atoms with Crippen LogP contribution in [0.4, 0.5) is 5.82 Å². The molecule has 0 spiro atoms. The summed E-state index contributed by atoms with van der Waals surface area (Å²) in [5, 5.41) is 8.65. The maximum atomic E-state index is 4.44. The minimum atomic E-state index is 0.663. The van der Waals surface area contributed by atoms with E-state index in [0.29, 0.717) is 5.78 Å². The van der Waals surface area contributed by atoms with Crippen molar-refractivity contribution in [3.05, 3.63) is 71.9 Å². The molecule has 148 valence electrons. The Kier molecular flexibility index (Phi) is 4.69. The van der Waals surface area contributed by atoms with Crippen molar-refractivity contribution in [1.29, 1.82) is 0 Å². The Hall–Kier alpha value is -3.26. The number of fused-ring (bicyclic) bond motifs is 1. The number of nitrogens with zero attached hydrogens (tertiary/aromatic N) is 8. The molecular formula is C21H24N8. The summed E-state index contributed by atoms with van der Waals surface area (Å²) in [5.74, 6) is 1.74. The zero-order valence-corrected chi connectivity index (χ0v) is 16.5. The van der Waals surface area contributed by atoms with Gasteiger partial charge in [0.1, 0.15) is 12.1 Å². The fraction of sp³-hybridized carbons (Fsp3) is 0.333. The highest BCUT2D eigenvalue weighted by atomic mass is 15.4. The number of hydrogen-bond donors (Lipinski definition) is 0. The summed E-state index contributed by atoms with van der Waals surface area (Å²) in [6.45, 7) is 7.74. The maximum absolute atomic E-state index is 4.44. The molecule has 5 rings (SSSR count). The minimum absolute atomic E-state index is 0.663. The van der Waals surface area contributed by atoms with E-state index in [0.717, 1.165) is 50.8 Å². The first-order valence-electron chi connectivity index (χ1n) is 9.94. The Labute approximate surface area is 169 Å². The lowest BCUT2D eigenvalue weighted by Crippen LogP contribution is -2.46. The lowest BCUT2D eigenvalue weighted by Gasteiger charge is -2.36. The number of piperazine rings is 1. The Bertz CT molecular complexity index is 1090. The molecule has 8 heteroatoms. The second-order valence-corrected chi connectivity index (χ2v) is 7.51. The molecule has 0 aliphatic carbocycles. The molecule has 1 fully saturated rings. The predicted octanol–water partition coefficient (Wildman–Crippen LogP) is 2.00. The van der Waals surface area contributed by atoms with Crippen LogP contribution in [0.15, 0.2) is 55.1 Å². The van der Waals surface area contributed by atoms with E-state index in [1.54, 1.807) is 6.33 Å². The molecule has 0 unspecified atom stereocenters. The highest BCUT2D eigenvalue weighted by Gasteiger charge is 2.20. The van der Waals surface area contributed by atoms with Gasteiger partial charge in [-0.15, -0.1) is 0 Å². The van der Waals surface area contributed by atoms with E-state index in [1.165, 1.54) is 11.1 Å². The van der Waals surface area contributed by atoms with E-state index in [9.17, 15) is 0 Å². The molecule has 0 bridgehead atoms. The van der Waals surface area contributed by atoms with Crippen molar-refractivity contribution in [1.82, 2.24) is 34.3 Å². The van der Waals surface area contributed by atoms with Crippen molar-refractivity contribution in [2.24, 2.45) is 0 Å². The van der Waals surface area contributed by atoms with E-state index in [-0.39, 0.29) is 0 Å². The molecule has 0 atom stereocenters. The van der Waals surface area contributed by atoms with Crippen LogP contribution in [0, 0.1) is 6.92 Å². The highest BCUT2D eigenvalue weighted by molar-refractivity contribution is 5.47. The molecule has 1 aliphatic heterocycles. The zero-order valence-electron chi connectivity index (χ0n) is 16.5. The van der Waals surface area contributed by atoms with Gasteiger partial charge in [0, 0.05) is 56.9 Å². The van der Waals surface area contributed by atoms with E-state index < -0.39 is 0 Å². The summed E-state index contributed by atoms with van der Waals surface area (Å²) in [4.78, 5) is 13.6. The fourth-order valence-corrected chi connectivity index (χ4v) is 3.94. The van der Waals surface area contributed by atoms with Crippen molar-refractivity contribution in [2.75, 3.05) is 31.1 Å². The molecule has 0 amide bonds. The summed E-state index contributed by atoms with van der Waals surface area (Å²) >= 11 is 0. The number of anilines is 1. The number of hydrogen-bond acceptors (Lipinski definition) is 6. The van der Waals surface area contributed by atoms with Gasteiger partial charge in [-0.1, -0.05) is 24.3 Å². The Morgan fingerprint density at radius 3 is 2.55 bits per heavy atom. The Balaban J connectivity index is 1.24. The monoisotopic (exact) mass is 388 g/mol. The van der Waals surface area contributed by atoms with Crippen LogP contribution in [-0.2, 0) is 13.1 Å². The number of aromatic nitrogens is 6. The summed E-state index contributed by atoms with van der Waals surface area (Å²) in [7, 11) is 0. The van der Waals surface area contributed by atoms with Crippen LogP contribution in [-0.4, -0.2) is 60.4 Å². The lowest BCUT2D eigenvalue weighted by atomic mass is 10.1. The van der Waals surface area contributed by atoms with Crippen molar-refractivity contribution in [3.8, 4) is 0 Å². The first kappa shape index (κ1) is 17.8. The number of benzene rings is 1. The lowest BCUT2D eigenvalue weighted by molar-refractivity contribution is 0.249. The van der Waals surface area contributed by atoms with Gasteiger partial charge >= 0.3 is 0 Å². The van der Waals surface area contributed by atoms with Gasteiger partial charge in [0.15, 0.2) is 0 Å². The van der Waals surface area contributed by atoms with Gasteiger partial charge < -0.3 is 4.90 Å². The van der Waals surface area contributed by atoms with Gasteiger partial charge in [-0.3, -0.25) is 9.58 Å². The third kappa shape index (κ3) is 3.84. The van der Waals surface area contributed by atoms with Crippen molar-refractivity contribution >= 4 is 11.6 Å². The van der Waals surface area contributed by atoms with E-state index in [1.807, 2.05) is 34.6 Å². The third-order valence-corrected chi connectivity index (χ3v) is 5.36. The second-order valence-electron chi connectivity index (χ2n) is 7.51. The Morgan fingerprint density at radius 1 is 0.931 bits per heavy atom. The summed E-state index contributed by atoms with van der Waals surface area (Å²) in [6, 6.07) is 12.9. The molecule has 1 aliphatic rings. The molecule has 1 aromatic carbocycles. The molecule has 3 aromatic heterocycles. The molecule has 0 radical (unpaired) electrons. The standard InChI is InChI=1S/C21H24N8/c1-17-12-20(29-21(25-17)22-16-24-29)27-10-8-26(9-11-27)14-18-4-2-5-19(13-18)15-28-7-3-6-23-28/h2-7,12-13,16H,8-11,14-15H2,1H3. The largest absolute Gasteiger partial charge is 0.354 e. The fourth-order valence-electron chi connectivity index (χ4n) is 3.94. The molecule has 8 nitrogen and oxygen atoms in total.